The topological polar surface area (TPSA) is 84.0 Å². The number of aromatic nitrogens is 2. The van der Waals surface area contributed by atoms with Crippen LogP contribution in [0.25, 0.3) is 0 Å². The highest BCUT2D eigenvalue weighted by Gasteiger charge is 2.51. The van der Waals surface area contributed by atoms with Gasteiger partial charge in [-0.25, -0.2) is 9.97 Å². The van der Waals surface area contributed by atoms with Gasteiger partial charge in [0.25, 0.3) is 0 Å². The van der Waals surface area contributed by atoms with E-state index in [-0.39, 0.29) is 23.0 Å². The molecule has 7 heteroatoms. The van der Waals surface area contributed by atoms with E-state index in [1.807, 2.05) is 19.9 Å². The highest BCUT2D eigenvalue weighted by Crippen LogP contribution is 2.61. The summed E-state index contributed by atoms with van der Waals surface area (Å²) in [7, 11) is 0. The van der Waals surface area contributed by atoms with Crippen LogP contribution in [0.4, 0.5) is 0 Å². The van der Waals surface area contributed by atoms with Crippen LogP contribution >= 0.6 is 11.8 Å². The maximum atomic E-state index is 12.4. The number of thioether (sulfide) groups is 1. The predicted molar refractivity (Wildman–Crippen MR) is 104 cm³/mol. The lowest BCUT2D eigenvalue weighted by Gasteiger charge is -2.56. The van der Waals surface area contributed by atoms with E-state index in [4.69, 9.17) is 0 Å². The third-order valence-electron chi connectivity index (χ3n) is 6.34. The second-order valence-corrected chi connectivity index (χ2v) is 9.86. The summed E-state index contributed by atoms with van der Waals surface area (Å²) in [6.45, 7) is 3.81. The van der Waals surface area contributed by atoms with E-state index in [9.17, 15) is 9.59 Å². The fourth-order valence-corrected chi connectivity index (χ4v) is 6.70. The highest BCUT2D eigenvalue weighted by molar-refractivity contribution is 7.99. The Morgan fingerprint density at radius 3 is 2.07 bits per heavy atom. The molecule has 2 amide bonds. The first-order valence-corrected chi connectivity index (χ1v) is 10.9. The monoisotopic (exact) mass is 388 g/mol. The fourth-order valence-electron chi connectivity index (χ4n) is 5.96. The van der Waals surface area contributed by atoms with E-state index >= 15 is 0 Å². The molecule has 4 saturated carbocycles. The molecular formula is C20H28N4O2S. The lowest BCUT2D eigenvalue weighted by molar-refractivity contribution is -0.133. The molecule has 5 rings (SSSR count). The molecule has 0 saturated heterocycles. The lowest BCUT2D eigenvalue weighted by atomic mass is 9.49. The van der Waals surface area contributed by atoms with Crippen molar-refractivity contribution in [1.29, 1.82) is 0 Å². The van der Waals surface area contributed by atoms with Gasteiger partial charge >= 0.3 is 0 Å². The molecule has 0 spiro atoms. The van der Waals surface area contributed by atoms with Crippen molar-refractivity contribution in [3.05, 3.63) is 17.5 Å². The number of hydrogen-bond donors (Lipinski definition) is 2. The summed E-state index contributed by atoms with van der Waals surface area (Å²) in [5.41, 5.74) is 7.13. The van der Waals surface area contributed by atoms with Crippen molar-refractivity contribution in [1.82, 2.24) is 20.8 Å². The average Bonchev–Trinajstić information content (AvgIpc) is 2.55. The van der Waals surface area contributed by atoms with Gasteiger partial charge in [0.05, 0.1) is 5.75 Å². The zero-order valence-electron chi connectivity index (χ0n) is 16.1. The molecule has 1 aromatic heterocycles. The van der Waals surface area contributed by atoms with Gasteiger partial charge in [0.2, 0.25) is 11.8 Å². The molecule has 2 N–H and O–H groups in total. The molecule has 4 fully saturated rings. The largest absolute Gasteiger partial charge is 0.273 e. The molecule has 4 aliphatic carbocycles. The van der Waals surface area contributed by atoms with Gasteiger partial charge in [0.1, 0.15) is 0 Å². The number of aryl methyl sites for hydroxylation is 2. The first-order chi connectivity index (χ1) is 12.9. The SMILES string of the molecule is Cc1cc(C)nc(SCC(=O)NNC(=O)CC23CC4CC(CC(C4)C2)C3)n1. The van der Waals surface area contributed by atoms with E-state index in [1.165, 1.54) is 50.3 Å². The van der Waals surface area contributed by atoms with Crippen LogP contribution in [0, 0.1) is 37.0 Å². The Hall–Kier alpha value is -1.63. The van der Waals surface area contributed by atoms with E-state index in [0.29, 0.717) is 11.6 Å². The maximum absolute atomic E-state index is 12.4. The van der Waals surface area contributed by atoms with Crippen molar-refractivity contribution < 1.29 is 9.59 Å². The third kappa shape index (κ3) is 4.45. The summed E-state index contributed by atoms with van der Waals surface area (Å²) in [4.78, 5) is 33.1. The smallest absolute Gasteiger partial charge is 0.248 e. The van der Waals surface area contributed by atoms with E-state index in [1.54, 1.807) is 0 Å². The maximum Gasteiger partial charge on any atom is 0.248 e. The Balaban J connectivity index is 1.23. The predicted octanol–water partition coefficient (Wildman–Crippen LogP) is 2.94. The van der Waals surface area contributed by atoms with Gasteiger partial charge in [-0.05, 0) is 81.6 Å². The van der Waals surface area contributed by atoms with Crippen LogP contribution in [-0.4, -0.2) is 27.5 Å². The second kappa shape index (κ2) is 7.41. The van der Waals surface area contributed by atoms with E-state index in [2.05, 4.69) is 20.8 Å². The van der Waals surface area contributed by atoms with Gasteiger partial charge in [0.15, 0.2) is 5.16 Å². The summed E-state index contributed by atoms with van der Waals surface area (Å²) in [5, 5.41) is 0.586. The van der Waals surface area contributed by atoms with Crippen molar-refractivity contribution >= 4 is 23.6 Å². The Morgan fingerprint density at radius 2 is 1.52 bits per heavy atom. The number of rotatable bonds is 5. The second-order valence-electron chi connectivity index (χ2n) is 8.91. The van der Waals surface area contributed by atoms with Crippen LogP contribution in [-0.2, 0) is 9.59 Å². The molecule has 0 atom stereocenters. The van der Waals surface area contributed by atoms with Crippen molar-refractivity contribution in [2.45, 2.75) is 63.9 Å². The molecule has 4 aliphatic rings. The van der Waals surface area contributed by atoms with E-state index in [0.717, 1.165) is 29.1 Å². The Morgan fingerprint density at radius 1 is 1.00 bits per heavy atom. The standard InChI is InChI=1S/C20H28N4O2S/c1-12-3-13(2)22-19(21-12)27-11-18(26)24-23-17(25)10-20-7-14-4-15(8-20)6-16(5-14)9-20/h3,14-16H,4-11H2,1-2H3,(H,23,25)(H,24,26). The fraction of sp³-hybridized carbons (Fsp3) is 0.700. The molecule has 146 valence electrons. The molecule has 0 aliphatic heterocycles. The zero-order valence-corrected chi connectivity index (χ0v) is 16.9. The number of nitrogens with one attached hydrogen (secondary N) is 2. The van der Waals surface area contributed by atoms with Crippen LogP contribution in [0.1, 0.15) is 56.3 Å². The average molecular weight is 389 g/mol. The minimum absolute atomic E-state index is 0.0575. The summed E-state index contributed by atoms with van der Waals surface area (Å²) < 4.78 is 0. The highest BCUT2D eigenvalue weighted by atomic mass is 32.2. The number of nitrogens with zero attached hydrogens (tertiary/aromatic N) is 2. The van der Waals surface area contributed by atoms with Gasteiger partial charge in [0, 0.05) is 17.8 Å². The van der Waals surface area contributed by atoms with Crippen molar-refractivity contribution in [3.63, 3.8) is 0 Å². The molecule has 1 aromatic rings. The molecular weight excluding hydrogens is 360 g/mol. The van der Waals surface area contributed by atoms with Crippen molar-refractivity contribution in [3.8, 4) is 0 Å². The number of hydrogen-bond acceptors (Lipinski definition) is 5. The molecule has 1 heterocycles. The minimum Gasteiger partial charge on any atom is -0.273 e. The molecule has 0 radical (unpaired) electrons. The molecule has 0 unspecified atom stereocenters. The first kappa shape index (κ1) is 18.7. The zero-order chi connectivity index (χ0) is 19.0. The number of carbonyl (C=O) groups excluding carboxylic acids is 2. The Labute approximate surface area is 164 Å². The van der Waals surface area contributed by atoms with Crippen molar-refractivity contribution in [2.24, 2.45) is 23.2 Å². The van der Waals surface area contributed by atoms with Crippen LogP contribution in [0.5, 0.6) is 0 Å². The number of carbonyl (C=O) groups is 2. The van der Waals surface area contributed by atoms with Crippen LogP contribution in [0.2, 0.25) is 0 Å². The molecule has 6 nitrogen and oxygen atoms in total. The summed E-state index contributed by atoms with van der Waals surface area (Å²) >= 11 is 1.28. The number of amides is 2. The minimum atomic E-state index is -0.235. The summed E-state index contributed by atoms with van der Waals surface area (Å²) in [6.07, 6.45) is 8.24. The summed E-state index contributed by atoms with van der Waals surface area (Å²) in [6, 6.07) is 1.90. The third-order valence-corrected chi connectivity index (χ3v) is 7.18. The molecule has 4 bridgehead atoms. The lowest BCUT2D eigenvalue weighted by Crippen LogP contribution is -2.50. The summed E-state index contributed by atoms with van der Waals surface area (Å²) in [5.74, 6) is 2.37. The van der Waals surface area contributed by atoms with Gasteiger partial charge in [-0.3, -0.25) is 20.4 Å². The van der Waals surface area contributed by atoms with Crippen LogP contribution in [0.3, 0.4) is 0 Å². The Kier molecular flexibility index (Phi) is 5.14. The van der Waals surface area contributed by atoms with Gasteiger partial charge in [-0.15, -0.1) is 0 Å². The number of hydrazine groups is 1. The Bertz CT molecular complexity index is 696. The normalized spacial score (nSPS) is 31.0. The van der Waals surface area contributed by atoms with Gasteiger partial charge in [-0.1, -0.05) is 11.8 Å². The van der Waals surface area contributed by atoms with Gasteiger partial charge < -0.3 is 0 Å². The van der Waals surface area contributed by atoms with Crippen molar-refractivity contribution in [2.75, 3.05) is 5.75 Å². The van der Waals surface area contributed by atoms with Crippen LogP contribution < -0.4 is 10.9 Å². The van der Waals surface area contributed by atoms with Crippen LogP contribution in [0.15, 0.2) is 11.2 Å². The van der Waals surface area contributed by atoms with E-state index < -0.39 is 0 Å². The molecule has 27 heavy (non-hydrogen) atoms. The molecule has 0 aromatic carbocycles. The van der Waals surface area contributed by atoms with Gasteiger partial charge in [-0.2, -0.15) is 0 Å². The first-order valence-electron chi connectivity index (χ1n) is 9.92. The quantitative estimate of drug-likeness (QED) is 0.460.